The fourth-order valence-electron chi connectivity index (χ4n) is 1.46. The number of para-hydroxylation sites is 1. The van der Waals surface area contributed by atoms with Crippen LogP contribution in [0.5, 0.6) is 5.75 Å². The Bertz CT molecular complexity index is 259. The van der Waals surface area contributed by atoms with Gasteiger partial charge in [-0.15, -0.1) is 0 Å². The molecule has 0 radical (unpaired) electrons. The van der Waals surface area contributed by atoms with Gasteiger partial charge in [-0.2, -0.15) is 0 Å². The summed E-state index contributed by atoms with van der Waals surface area (Å²) in [6.07, 6.45) is 2.41. The van der Waals surface area contributed by atoms with E-state index in [9.17, 15) is 0 Å². The first-order valence-corrected chi connectivity index (χ1v) is 5.26. The van der Waals surface area contributed by atoms with Crippen LogP contribution in [0.3, 0.4) is 0 Å². The van der Waals surface area contributed by atoms with E-state index in [-0.39, 0.29) is 0 Å². The van der Waals surface area contributed by atoms with E-state index in [4.69, 9.17) is 4.74 Å². The number of rotatable bonds is 0. The van der Waals surface area contributed by atoms with Crippen LogP contribution >= 0.6 is 0 Å². The maximum absolute atomic E-state index is 5.69. The standard InChI is InChI=1S/C9H12OSi/c11-9-6-5-7-3-1-2-4-8(7)10-9/h1-4,9H,5-6H2,11H3. The Balaban J connectivity index is 2.34. The molecule has 0 aromatic heterocycles. The summed E-state index contributed by atoms with van der Waals surface area (Å²) in [5.74, 6) is 1.11. The number of hydrogen-bond donors (Lipinski definition) is 0. The van der Waals surface area contributed by atoms with Crippen LogP contribution < -0.4 is 4.74 Å². The third-order valence-electron chi connectivity index (χ3n) is 2.12. The number of hydrogen-bond acceptors (Lipinski definition) is 1. The number of ether oxygens (including phenoxy) is 1. The van der Waals surface area contributed by atoms with Gasteiger partial charge >= 0.3 is 0 Å². The lowest BCUT2D eigenvalue weighted by molar-refractivity contribution is 0.249. The molecule has 11 heavy (non-hydrogen) atoms. The third kappa shape index (κ3) is 1.31. The molecule has 0 saturated carbocycles. The Kier molecular flexibility index (Phi) is 1.70. The summed E-state index contributed by atoms with van der Waals surface area (Å²) in [6, 6.07) is 8.34. The predicted octanol–water partition coefficient (Wildman–Crippen LogP) is 0.703. The van der Waals surface area contributed by atoms with Gasteiger partial charge in [0.1, 0.15) is 5.75 Å². The van der Waals surface area contributed by atoms with Crippen molar-refractivity contribution in [3.05, 3.63) is 29.8 Å². The van der Waals surface area contributed by atoms with Crippen molar-refractivity contribution in [1.29, 1.82) is 0 Å². The molecule has 2 rings (SSSR count). The third-order valence-corrected chi connectivity index (χ3v) is 2.93. The van der Waals surface area contributed by atoms with Crippen LogP contribution in [0.4, 0.5) is 0 Å². The number of benzene rings is 1. The molecule has 0 saturated heterocycles. The molecule has 2 heteroatoms. The summed E-state index contributed by atoms with van der Waals surface area (Å²) < 4.78 is 5.69. The van der Waals surface area contributed by atoms with Crippen LogP contribution in [0.2, 0.25) is 0 Å². The lowest BCUT2D eigenvalue weighted by atomic mass is 10.1. The summed E-state index contributed by atoms with van der Waals surface area (Å²) >= 11 is 0. The van der Waals surface area contributed by atoms with Crippen LogP contribution in [-0.2, 0) is 6.42 Å². The largest absolute Gasteiger partial charge is 0.495 e. The van der Waals surface area contributed by atoms with E-state index in [1.165, 1.54) is 18.4 Å². The van der Waals surface area contributed by atoms with Crippen molar-refractivity contribution >= 4 is 10.2 Å². The van der Waals surface area contributed by atoms with Crippen molar-refractivity contribution < 1.29 is 4.74 Å². The van der Waals surface area contributed by atoms with Gasteiger partial charge in [0, 0.05) is 0 Å². The molecular weight excluding hydrogens is 152 g/mol. The van der Waals surface area contributed by atoms with Crippen molar-refractivity contribution in [2.24, 2.45) is 0 Å². The van der Waals surface area contributed by atoms with E-state index in [2.05, 4.69) is 18.2 Å². The molecule has 0 spiro atoms. The highest BCUT2D eigenvalue weighted by molar-refractivity contribution is 6.11. The molecular formula is C9H12OSi. The monoisotopic (exact) mass is 164 g/mol. The normalized spacial score (nSPS) is 22.4. The van der Waals surface area contributed by atoms with Crippen molar-refractivity contribution in [1.82, 2.24) is 0 Å². The van der Waals surface area contributed by atoms with Gasteiger partial charge in [-0.3, -0.25) is 0 Å². The van der Waals surface area contributed by atoms with E-state index in [1.807, 2.05) is 6.07 Å². The van der Waals surface area contributed by atoms with E-state index in [1.54, 1.807) is 0 Å². The Morgan fingerprint density at radius 1 is 1.36 bits per heavy atom. The molecule has 1 aliphatic rings. The van der Waals surface area contributed by atoms with Crippen molar-refractivity contribution in [3.8, 4) is 5.75 Å². The average Bonchev–Trinajstić information content (AvgIpc) is 2.04. The van der Waals surface area contributed by atoms with Gasteiger partial charge in [-0.05, 0) is 24.5 Å². The highest BCUT2D eigenvalue weighted by Gasteiger charge is 2.13. The zero-order valence-electron chi connectivity index (χ0n) is 6.71. The number of aryl methyl sites for hydroxylation is 1. The van der Waals surface area contributed by atoms with Gasteiger partial charge in [0.15, 0.2) is 0 Å². The second-order valence-corrected chi connectivity index (χ2v) is 4.36. The van der Waals surface area contributed by atoms with Crippen LogP contribution in [0, 0.1) is 0 Å². The second-order valence-electron chi connectivity index (χ2n) is 3.07. The first kappa shape index (κ1) is 6.92. The average molecular weight is 164 g/mol. The lowest BCUT2D eigenvalue weighted by Gasteiger charge is -2.22. The molecule has 1 nitrogen and oxygen atoms in total. The molecule has 58 valence electrons. The lowest BCUT2D eigenvalue weighted by Crippen LogP contribution is -2.22. The van der Waals surface area contributed by atoms with E-state index < -0.39 is 0 Å². The minimum Gasteiger partial charge on any atom is -0.495 e. The number of fused-ring (bicyclic) bond motifs is 1. The fraction of sp³-hybridized carbons (Fsp3) is 0.333. The maximum Gasteiger partial charge on any atom is 0.122 e. The van der Waals surface area contributed by atoms with Gasteiger partial charge in [-0.1, -0.05) is 18.2 Å². The molecule has 1 unspecified atom stereocenters. The summed E-state index contributed by atoms with van der Waals surface area (Å²) in [6.45, 7) is 0. The van der Waals surface area contributed by atoms with Crippen molar-refractivity contribution in [2.75, 3.05) is 0 Å². The first-order valence-electron chi connectivity index (χ1n) is 4.11. The Morgan fingerprint density at radius 3 is 3.09 bits per heavy atom. The molecule has 0 aliphatic carbocycles. The van der Waals surface area contributed by atoms with Crippen LogP contribution in [0.1, 0.15) is 12.0 Å². The van der Waals surface area contributed by atoms with Crippen LogP contribution in [0.25, 0.3) is 0 Å². The molecule has 1 atom stereocenters. The zero-order valence-corrected chi connectivity index (χ0v) is 8.71. The molecule has 0 bridgehead atoms. The summed E-state index contributed by atoms with van der Waals surface area (Å²) in [7, 11) is 1.15. The molecule has 0 amide bonds. The van der Waals surface area contributed by atoms with E-state index in [0.29, 0.717) is 5.73 Å². The summed E-state index contributed by atoms with van der Waals surface area (Å²) in [4.78, 5) is 0. The van der Waals surface area contributed by atoms with Crippen LogP contribution in [0.15, 0.2) is 24.3 Å². The molecule has 1 aromatic carbocycles. The summed E-state index contributed by atoms with van der Waals surface area (Å²) in [5.41, 5.74) is 1.91. The Labute approximate surface area is 69.8 Å². The van der Waals surface area contributed by atoms with Gasteiger partial charge in [0.2, 0.25) is 0 Å². The Hall–Kier alpha value is -0.763. The topological polar surface area (TPSA) is 9.23 Å². The van der Waals surface area contributed by atoms with Gasteiger partial charge in [0.05, 0.1) is 16.0 Å². The predicted molar refractivity (Wildman–Crippen MR) is 49.1 cm³/mol. The minimum absolute atomic E-state index is 0.532. The van der Waals surface area contributed by atoms with E-state index >= 15 is 0 Å². The molecule has 1 aromatic rings. The molecule has 1 aliphatic heterocycles. The van der Waals surface area contributed by atoms with Crippen molar-refractivity contribution in [3.63, 3.8) is 0 Å². The zero-order chi connectivity index (χ0) is 7.68. The first-order chi connectivity index (χ1) is 5.36. The SMILES string of the molecule is [SiH3]C1CCc2ccccc2O1. The van der Waals surface area contributed by atoms with Gasteiger partial charge in [0.25, 0.3) is 0 Å². The maximum atomic E-state index is 5.69. The van der Waals surface area contributed by atoms with Gasteiger partial charge < -0.3 is 4.74 Å². The molecule has 0 fully saturated rings. The van der Waals surface area contributed by atoms with Crippen LogP contribution in [-0.4, -0.2) is 16.0 Å². The summed E-state index contributed by atoms with van der Waals surface area (Å²) in [5, 5.41) is 0. The smallest absolute Gasteiger partial charge is 0.122 e. The second kappa shape index (κ2) is 2.70. The van der Waals surface area contributed by atoms with E-state index in [0.717, 1.165) is 16.0 Å². The fourth-order valence-corrected chi connectivity index (χ4v) is 2.00. The highest BCUT2D eigenvalue weighted by Crippen LogP contribution is 2.25. The molecule has 1 heterocycles. The minimum atomic E-state index is 0.532. The quantitative estimate of drug-likeness (QED) is 0.513. The van der Waals surface area contributed by atoms with Crippen molar-refractivity contribution in [2.45, 2.75) is 18.6 Å². The van der Waals surface area contributed by atoms with Gasteiger partial charge in [-0.25, -0.2) is 0 Å². The molecule has 0 N–H and O–H groups in total. The highest BCUT2D eigenvalue weighted by atomic mass is 28.1. The Morgan fingerprint density at radius 2 is 2.18 bits per heavy atom.